The van der Waals surface area contributed by atoms with E-state index in [4.69, 9.17) is 0 Å². The summed E-state index contributed by atoms with van der Waals surface area (Å²) in [5.74, 6) is -2.03. The zero-order chi connectivity index (χ0) is 14.8. The first kappa shape index (κ1) is 13.4. The fourth-order valence-corrected chi connectivity index (χ4v) is 2.25. The molecule has 7 heteroatoms. The van der Waals surface area contributed by atoms with Crippen molar-refractivity contribution in [2.45, 2.75) is 12.3 Å². The number of rotatable bonds is 4. The monoisotopic (exact) mass is 290 g/mol. The van der Waals surface area contributed by atoms with Crippen LogP contribution in [0, 0.1) is 17.6 Å². The number of amides is 1. The van der Waals surface area contributed by atoms with Gasteiger partial charge in [-0.15, -0.1) is 0 Å². The van der Waals surface area contributed by atoms with E-state index in [2.05, 4.69) is 20.8 Å². The Balaban J connectivity index is 1.61. The summed E-state index contributed by atoms with van der Waals surface area (Å²) in [5.41, 5.74) is 5.05. The number of nitrogens with zero attached hydrogens (tertiary/aromatic N) is 2. The van der Waals surface area contributed by atoms with Crippen LogP contribution in [0.3, 0.4) is 0 Å². The minimum absolute atomic E-state index is 0.0165. The number of anilines is 1. The molecule has 0 bridgehead atoms. The van der Waals surface area contributed by atoms with Crippen molar-refractivity contribution in [2.24, 2.45) is 5.92 Å². The normalized spacial score (nSPS) is 19.9. The minimum atomic E-state index is -0.614. The van der Waals surface area contributed by atoms with Gasteiger partial charge >= 0.3 is 0 Å². The fraction of sp³-hybridized carbons (Fsp3) is 0.214. The average Bonchev–Trinajstić information content (AvgIpc) is 3.26. The number of benzene rings is 1. The molecule has 1 aliphatic carbocycles. The lowest BCUT2D eigenvalue weighted by molar-refractivity contribution is -0.121. The Morgan fingerprint density at radius 2 is 2.00 bits per heavy atom. The molecule has 1 heterocycles. The van der Waals surface area contributed by atoms with Gasteiger partial charge in [0.25, 0.3) is 0 Å². The van der Waals surface area contributed by atoms with Crippen LogP contribution in [0.15, 0.2) is 36.8 Å². The van der Waals surface area contributed by atoms with Crippen LogP contribution in [-0.4, -0.2) is 15.9 Å². The van der Waals surface area contributed by atoms with Crippen LogP contribution >= 0.6 is 0 Å². The number of hydrogen-bond acceptors (Lipinski definition) is 4. The van der Waals surface area contributed by atoms with Gasteiger partial charge in [0.2, 0.25) is 5.91 Å². The smallest absolute Gasteiger partial charge is 0.242 e. The van der Waals surface area contributed by atoms with Crippen molar-refractivity contribution in [3.8, 4) is 0 Å². The lowest BCUT2D eigenvalue weighted by Crippen LogP contribution is -2.31. The second kappa shape index (κ2) is 5.43. The van der Waals surface area contributed by atoms with Crippen LogP contribution in [0.1, 0.15) is 17.9 Å². The predicted molar refractivity (Wildman–Crippen MR) is 71.0 cm³/mol. The van der Waals surface area contributed by atoms with Crippen molar-refractivity contribution in [3.63, 3.8) is 0 Å². The molecule has 1 amide bonds. The summed E-state index contributed by atoms with van der Waals surface area (Å²) >= 11 is 0. The molecule has 0 spiro atoms. The molecule has 2 unspecified atom stereocenters. The predicted octanol–water partition coefficient (Wildman–Crippen LogP) is 2.00. The molecule has 2 N–H and O–H groups in total. The number of nitrogens with one attached hydrogen (secondary N) is 2. The number of hydrogen-bond donors (Lipinski definition) is 2. The summed E-state index contributed by atoms with van der Waals surface area (Å²) in [6, 6.07) is 3.70. The largest absolute Gasteiger partial charge is 0.281 e. The molecule has 5 nitrogen and oxygen atoms in total. The summed E-state index contributed by atoms with van der Waals surface area (Å²) in [6.07, 6.45) is 4.85. The van der Waals surface area contributed by atoms with E-state index in [1.807, 2.05) is 0 Å². The van der Waals surface area contributed by atoms with Crippen molar-refractivity contribution in [3.05, 3.63) is 54.0 Å². The first-order valence-corrected chi connectivity index (χ1v) is 6.42. The quantitative estimate of drug-likeness (QED) is 0.845. The van der Waals surface area contributed by atoms with Gasteiger partial charge in [-0.2, -0.15) is 0 Å². The maximum Gasteiger partial charge on any atom is 0.242 e. The lowest BCUT2D eigenvalue weighted by Gasteiger charge is -2.07. The molecule has 1 aliphatic rings. The molecule has 0 saturated heterocycles. The average molecular weight is 290 g/mol. The Labute approximate surface area is 119 Å². The molecule has 108 valence electrons. The number of aromatic nitrogens is 2. The van der Waals surface area contributed by atoms with Crippen molar-refractivity contribution in [1.82, 2.24) is 15.4 Å². The van der Waals surface area contributed by atoms with Crippen LogP contribution in [0.5, 0.6) is 0 Å². The van der Waals surface area contributed by atoms with Crippen molar-refractivity contribution in [2.75, 3.05) is 5.43 Å². The Kier molecular flexibility index (Phi) is 3.47. The topological polar surface area (TPSA) is 66.9 Å². The third-order valence-electron chi connectivity index (χ3n) is 3.37. The van der Waals surface area contributed by atoms with E-state index in [0.717, 1.165) is 0 Å². The summed E-state index contributed by atoms with van der Waals surface area (Å²) in [7, 11) is 0. The Morgan fingerprint density at radius 1 is 1.24 bits per heavy atom. The molecule has 21 heavy (non-hydrogen) atoms. The Morgan fingerprint density at radius 3 is 2.67 bits per heavy atom. The van der Waals surface area contributed by atoms with E-state index in [0.29, 0.717) is 12.2 Å². The van der Waals surface area contributed by atoms with E-state index < -0.39 is 23.5 Å². The zero-order valence-corrected chi connectivity index (χ0v) is 10.9. The van der Waals surface area contributed by atoms with E-state index in [1.165, 1.54) is 36.8 Å². The van der Waals surface area contributed by atoms with Crippen molar-refractivity contribution >= 4 is 11.7 Å². The van der Waals surface area contributed by atoms with Crippen LogP contribution < -0.4 is 10.9 Å². The summed E-state index contributed by atoms with van der Waals surface area (Å²) < 4.78 is 27.2. The van der Waals surface area contributed by atoms with Gasteiger partial charge in [-0.1, -0.05) is 6.07 Å². The van der Waals surface area contributed by atoms with E-state index in [1.54, 1.807) is 0 Å². The van der Waals surface area contributed by atoms with Gasteiger partial charge in [-0.3, -0.25) is 20.6 Å². The van der Waals surface area contributed by atoms with Gasteiger partial charge in [0, 0.05) is 29.8 Å². The minimum Gasteiger partial charge on any atom is -0.281 e. The summed E-state index contributed by atoms with van der Waals surface area (Å²) in [6.45, 7) is 0. The number of halogens is 2. The molecular weight excluding hydrogens is 278 g/mol. The first-order valence-electron chi connectivity index (χ1n) is 6.42. The second-order valence-corrected chi connectivity index (χ2v) is 4.79. The molecule has 3 rings (SSSR count). The highest BCUT2D eigenvalue weighted by Gasteiger charge is 2.46. The fourth-order valence-electron chi connectivity index (χ4n) is 2.25. The molecule has 1 aromatic heterocycles. The summed E-state index contributed by atoms with van der Waals surface area (Å²) in [5, 5.41) is 0. The van der Waals surface area contributed by atoms with Gasteiger partial charge in [-0.05, 0) is 18.6 Å². The molecule has 1 fully saturated rings. The molecule has 0 radical (unpaired) electrons. The SMILES string of the molecule is O=C(NNc1cnccn1)C1CC1c1c(F)cccc1F. The summed E-state index contributed by atoms with van der Waals surface area (Å²) in [4.78, 5) is 19.7. The standard InChI is InChI=1S/C14H12F2N4O/c15-10-2-1-3-11(16)13(10)8-6-9(8)14(21)20-19-12-7-17-4-5-18-12/h1-5,7-9H,6H2,(H,18,19)(H,20,21). The zero-order valence-electron chi connectivity index (χ0n) is 10.9. The Bertz CT molecular complexity index is 645. The number of hydrazine groups is 1. The maximum absolute atomic E-state index is 13.6. The van der Waals surface area contributed by atoms with Gasteiger partial charge in [0.15, 0.2) is 5.82 Å². The van der Waals surface area contributed by atoms with E-state index in [9.17, 15) is 13.6 Å². The molecule has 0 aliphatic heterocycles. The highest BCUT2D eigenvalue weighted by atomic mass is 19.1. The van der Waals surface area contributed by atoms with Crippen molar-refractivity contribution < 1.29 is 13.6 Å². The van der Waals surface area contributed by atoms with Gasteiger partial charge in [0.1, 0.15) is 11.6 Å². The molecule has 1 saturated carbocycles. The van der Waals surface area contributed by atoms with Crippen LogP contribution in [0.25, 0.3) is 0 Å². The second-order valence-electron chi connectivity index (χ2n) is 4.79. The van der Waals surface area contributed by atoms with Crippen molar-refractivity contribution in [1.29, 1.82) is 0 Å². The highest BCUT2D eigenvalue weighted by molar-refractivity contribution is 5.83. The van der Waals surface area contributed by atoms with Crippen LogP contribution in [0.2, 0.25) is 0 Å². The molecular formula is C14H12F2N4O. The highest BCUT2D eigenvalue weighted by Crippen LogP contribution is 2.49. The van der Waals surface area contributed by atoms with E-state index in [-0.39, 0.29) is 11.5 Å². The maximum atomic E-state index is 13.6. The number of carbonyl (C=O) groups excluding carboxylic acids is 1. The third kappa shape index (κ3) is 2.81. The van der Waals surface area contributed by atoms with Gasteiger partial charge < -0.3 is 0 Å². The first-order chi connectivity index (χ1) is 10.2. The van der Waals surface area contributed by atoms with E-state index >= 15 is 0 Å². The van der Waals surface area contributed by atoms with Gasteiger partial charge in [-0.25, -0.2) is 13.8 Å². The lowest BCUT2D eigenvalue weighted by atomic mass is 10.1. The van der Waals surface area contributed by atoms with Gasteiger partial charge in [0.05, 0.1) is 6.20 Å². The Hall–Kier alpha value is -2.57. The van der Waals surface area contributed by atoms with Crippen LogP contribution in [-0.2, 0) is 4.79 Å². The third-order valence-corrected chi connectivity index (χ3v) is 3.37. The molecule has 2 atom stereocenters. The number of carbonyl (C=O) groups is 1. The molecule has 2 aromatic rings. The molecule has 1 aromatic carbocycles. The van der Waals surface area contributed by atoms with Crippen LogP contribution in [0.4, 0.5) is 14.6 Å².